The Hall–Kier alpha value is -0.650. The van der Waals surface area contributed by atoms with Crippen LogP contribution in [0.1, 0.15) is 124 Å². The molecule has 0 radical (unpaired) electrons. The van der Waals surface area contributed by atoms with Gasteiger partial charge in [0, 0.05) is 19.3 Å². The zero-order valence-corrected chi connectivity index (χ0v) is 22.0. The summed E-state index contributed by atoms with van der Waals surface area (Å²) in [6.45, 7) is 9.75. The van der Waals surface area contributed by atoms with Crippen LogP contribution in [0.15, 0.2) is 0 Å². The highest BCUT2D eigenvalue weighted by Gasteiger charge is 2.42. The SMILES string of the molecule is CCCCCCCC1(CC[C@@H]2[C@@H](CCCCCCC(=O)OC(C)C)[C@@H](C)C[C@H]2O)OCCO1. The number of carbonyl (C=O) groups excluding carboxylic acids is 1. The van der Waals surface area contributed by atoms with Crippen molar-refractivity contribution in [2.45, 2.75) is 142 Å². The van der Waals surface area contributed by atoms with Crippen molar-refractivity contribution < 1.29 is 24.1 Å². The largest absolute Gasteiger partial charge is 0.463 e. The summed E-state index contributed by atoms with van der Waals surface area (Å²) in [5.41, 5.74) is 0. The minimum atomic E-state index is -0.410. The second-order valence-corrected chi connectivity index (χ2v) is 10.9. The van der Waals surface area contributed by atoms with Crippen LogP contribution in [-0.4, -0.2) is 42.3 Å². The number of unbranched alkanes of at least 4 members (excludes halogenated alkanes) is 7. The van der Waals surface area contributed by atoms with Crippen molar-refractivity contribution in [2.24, 2.45) is 17.8 Å². The minimum Gasteiger partial charge on any atom is -0.463 e. The zero-order valence-electron chi connectivity index (χ0n) is 22.0. The third-order valence-corrected chi connectivity index (χ3v) is 7.76. The molecule has 33 heavy (non-hydrogen) atoms. The lowest BCUT2D eigenvalue weighted by Gasteiger charge is -2.31. The Bertz CT molecular complexity index is 528. The van der Waals surface area contributed by atoms with Gasteiger partial charge in [-0.15, -0.1) is 0 Å². The highest BCUT2D eigenvalue weighted by Crippen LogP contribution is 2.44. The van der Waals surface area contributed by atoms with Crippen LogP contribution >= 0.6 is 0 Å². The van der Waals surface area contributed by atoms with Crippen molar-refractivity contribution in [1.82, 2.24) is 0 Å². The van der Waals surface area contributed by atoms with E-state index in [4.69, 9.17) is 14.2 Å². The number of rotatable bonds is 17. The molecule has 0 bridgehead atoms. The van der Waals surface area contributed by atoms with E-state index in [1.165, 1.54) is 38.5 Å². The van der Waals surface area contributed by atoms with Crippen LogP contribution in [0.4, 0.5) is 0 Å². The Morgan fingerprint density at radius 2 is 1.61 bits per heavy atom. The Morgan fingerprint density at radius 3 is 2.30 bits per heavy atom. The van der Waals surface area contributed by atoms with Crippen LogP contribution in [0.2, 0.25) is 0 Å². The summed E-state index contributed by atoms with van der Waals surface area (Å²) in [4.78, 5) is 11.7. The second-order valence-electron chi connectivity index (χ2n) is 10.9. The Kier molecular flexibility index (Phi) is 13.3. The van der Waals surface area contributed by atoms with Crippen LogP contribution in [0.5, 0.6) is 0 Å². The van der Waals surface area contributed by atoms with Crippen molar-refractivity contribution in [3.05, 3.63) is 0 Å². The lowest BCUT2D eigenvalue weighted by atomic mass is 9.81. The van der Waals surface area contributed by atoms with Gasteiger partial charge in [0.15, 0.2) is 5.79 Å². The van der Waals surface area contributed by atoms with E-state index in [0.717, 1.165) is 51.4 Å². The molecule has 1 N–H and O–H groups in total. The van der Waals surface area contributed by atoms with Crippen LogP contribution in [0.3, 0.4) is 0 Å². The number of aliphatic hydroxyl groups is 1. The first-order valence-corrected chi connectivity index (χ1v) is 14.0. The Labute approximate surface area is 203 Å². The van der Waals surface area contributed by atoms with Gasteiger partial charge >= 0.3 is 5.97 Å². The molecule has 1 heterocycles. The summed E-state index contributed by atoms with van der Waals surface area (Å²) in [7, 11) is 0. The number of carbonyl (C=O) groups is 1. The van der Waals surface area contributed by atoms with Crippen molar-refractivity contribution in [3.63, 3.8) is 0 Å². The second kappa shape index (κ2) is 15.4. The quantitative estimate of drug-likeness (QED) is 0.188. The molecule has 1 aliphatic heterocycles. The lowest BCUT2D eigenvalue weighted by Crippen LogP contribution is -2.32. The van der Waals surface area contributed by atoms with Gasteiger partial charge < -0.3 is 19.3 Å². The van der Waals surface area contributed by atoms with E-state index in [-0.39, 0.29) is 18.2 Å². The predicted molar refractivity (Wildman–Crippen MR) is 133 cm³/mol. The van der Waals surface area contributed by atoms with Crippen molar-refractivity contribution in [3.8, 4) is 0 Å². The molecule has 2 fully saturated rings. The molecule has 0 aromatic heterocycles. The summed E-state index contributed by atoms with van der Waals surface area (Å²) in [5.74, 6) is 1.02. The maximum absolute atomic E-state index is 11.7. The van der Waals surface area contributed by atoms with Crippen LogP contribution in [0, 0.1) is 17.8 Å². The summed E-state index contributed by atoms with van der Waals surface area (Å²) >= 11 is 0. The molecule has 0 amide bonds. The van der Waals surface area contributed by atoms with E-state index >= 15 is 0 Å². The molecule has 194 valence electrons. The van der Waals surface area contributed by atoms with Gasteiger partial charge in [0.05, 0.1) is 25.4 Å². The summed E-state index contributed by atoms with van der Waals surface area (Å²) in [5, 5.41) is 10.8. The van der Waals surface area contributed by atoms with Crippen molar-refractivity contribution in [1.29, 1.82) is 0 Å². The highest BCUT2D eigenvalue weighted by atomic mass is 16.7. The first-order valence-electron chi connectivity index (χ1n) is 14.0. The molecule has 2 rings (SSSR count). The van der Waals surface area contributed by atoms with E-state index in [1.807, 2.05) is 13.8 Å². The average Bonchev–Trinajstić information content (AvgIpc) is 3.33. The first-order chi connectivity index (χ1) is 15.9. The van der Waals surface area contributed by atoms with Gasteiger partial charge in [-0.25, -0.2) is 0 Å². The first kappa shape index (κ1) is 28.6. The number of hydrogen-bond donors (Lipinski definition) is 1. The van der Waals surface area contributed by atoms with Crippen molar-refractivity contribution >= 4 is 5.97 Å². The van der Waals surface area contributed by atoms with E-state index in [9.17, 15) is 9.90 Å². The highest BCUT2D eigenvalue weighted by molar-refractivity contribution is 5.69. The third-order valence-electron chi connectivity index (χ3n) is 7.76. The standard InChI is InChI=1S/C28H52O5/c1-5-6-7-10-13-17-28(31-19-20-32-28)18-16-25-24(23(4)21-26(25)29)14-11-8-9-12-15-27(30)33-22(2)3/h22-26,29H,5-21H2,1-4H3/t23-,24-,25+,26+/m0/s1. The van der Waals surface area contributed by atoms with E-state index in [2.05, 4.69) is 13.8 Å². The fourth-order valence-electron chi connectivity index (χ4n) is 5.96. The van der Waals surface area contributed by atoms with Crippen LogP contribution < -0.4 is 0 Å². The van der Waals surface area contributed by atoms with Gasteiger partial charge in [0.2, 0.25) is 0 Å². The number of aliphatic hydroxyl groups excluding tert-OH is 1. The van der Waals surface area contributed by atoms with Gasteiger partial charge in [-0.1, -0.05) is 58.8 Å². The van der Waals surface area contributed by atoms with E-state index in [1.54, 1.807) is 0 Å². The minimum absolute atomic E-state index is 0.0232. The molecule has 5 heteroatoms. The maximum atomic E-state index is 11.7. The fourth-order valence-corrected chi connectivity index (χ4v) is 5.96. The molecule has 4 atom stereocenters. The molecule has 0 aromatic rings. The molecule has 0 aromatic carbocycles. The molecular weight excluding hydrogens is 416 g/mol. The van der Waals surface area contributed by atoms with Gasteiger partial charge in [-0.2, -0.15) is 0 Å². The van der Waals surface area contributed by atoms with E-state index in [0.29, 0.717) is 37.4 Å². The van der Waals surface area contributed by atoms with Crippen LogP contribution in [0.25, 0.3) is 0 Å². The topological polar surface area (TPSA) is 65.0 Å². The van der Waals surface area contributed by atoms with Gasteiger partial charge in [0.1, 0.15) is 0 Å². The molecule has 2 aliphatic rings. The van der Waals surface area contributed by atoms with Crippen molar-refractivity contribution in [2.75, 3.05) is 13.2 Å². The monoisotopic (exact) mass is 468 g/mol. The fraction of sp³-hybridized carbons (Fsp3) is 0.964. The molecule has 1 saturated carbocycles. The molecule has 1 saturated heterocycles. The number of ether oxygens (including phenoxy) is 3. The van der Waals surface area contributed by atoms with Gasteiger partial charge in [-0.05, 0) is 63.7 Å². The summed E-state index contributed by atoms with van der Waals surface area (Å²) in [6, 6.07) is 0. The van der Waals surface area contributed by atoms with E-state index < -0.39 is 5.79 Å². The third kappa shape index (κ3) is 10.2. The predicted octanol–water partition coefficient (Wildman–Crippen LogP) is 6.80. The maximum Gasteiger partial charge on any atom is 0.306 e. The Balaban J connectivity index is 1.72. The van der Waals surface area contributed by atoms with Gasteiger partial charge in [-0.3, -0.25) is 4.79 Å². The molecule has 0 unspecified atom stereocenters. The molecule has 1 aliphatic carbocycles. The Morgan fingerprint density at radius 1 is 0.939 bits per heavy atom. The molecular formula is C28H52O5. The summed E-state index contributed by atoms with van der Waals surface area (Å²) in [6.07, 6.45) is 15.9. The molecule has 5 nitrogen and oxygen atoms in total. The summed E-state index contributed by atoms with van der Waals surface area (Å²) < 4.78 is 17.5. The molecule has 0 spiro atoms. The van der Waals surface area contributed by atoms with Gasteiger partial charge in [0.25, 0.3) is 0 Å². The lowest BCUT2D eigenvalue weighted by molar-refractivity contribution is -0.171. The average molecular weight is 469 g/mol. The smallest absolute Gasteiger partial charge is 0.306 e. The number of esters is 1. The number of hydrogen-bond acceptors (Lipinski definition) is 5. The van der Waals surface area contributed by atoms with Crippen LogP contribution in [-0.2, 0) is 19.0 Å². The zero-order chi connectivity index (χ0) is 24.1. The normalized spacial score (nSPS) is 26.8.